The second-order valence-corrected chi connectivity index (χ2v) is 5.95. The van der Waals surface area contributed by atoms with Crippen molar-refractivity contribution < 1.29 is 18.7 Å². The number of fused-ring (bicyclic) bond motifs is 1. The van der Waals surface area contributed by atoms with E-state index in [0.717, 1.165) is 25.7 Å². The predicted octanol–water partition coefficient (Wildman–Crippen LogP) is 4.12. The van der Waals surface area contributed by atoms with Crippen LogP contribution < -0.4 is 14.8 Å². The Morgan fingerprint density at radius 1 is 1.04 bits per heavy atom. The van der Waals surface area contributed by atoms with Gasteiger partial charge in [0.15, 0.2) is 11.5 Å². The first-order valence-corrected chi connectivity index (χ1v) is 7.73. The molecule has 0 unspecified atom stereocenters. The Labute approximate surface area is 133 Å². The molecular formula is C18H16FNO3. The molecule has 1 aliphatic heterocycles. The summed E-state index contributed by atoms with van der Waals surface area (Å²) in [5.74, 6) is 0.0260. The fourth-order valence-corrected chi connectivity index (χ4v) is 3.12. The molecule has 1 heterocycles. The molecule has 1 saturated carbocycles. The second kappa shape index (κ2) is 5.26. The van der Waals surface area contributed by atoms with Gasteiger partial charge in [-0.1, -0.05) is 6.07 Å². The summed E-state index contributed by atoms with van der Waals surface area (Å²) in [5, 5.41) is 2.75. The third kappa shape index (κ3) is 2.63. The third-order valence-electron chi connectivity index (χ3n) is 4.25. The Hall–Kier alpha value is -2.56. The highest BCUT2D eigenvalue weighted by Gasteiger charge is 2.44. The number of carbonyl (C=O) groups is 1. The van der Waals surface area contributed by atoms with Crippen LogP contribution in [0.1, 0.15) is 36.0 Å². The number of amides is 1. The first-order chi connectivity index (χ1) is 11.1. The molecule has 5 heteroatoms. The molecule has 0 radical (unpaired) electrons. The lowest BCUT2D eigenvalue weighted by atomic mass is 10.2. The summed E-state index contributed by atoms with van der Waals surface area (Å²) in [5.41, 5.74) is 0.867. The van der Waals surface area contributed by atoms with Crippen molar-refractivity contribution >= 4 is 11.6 Å². The molecule has 2 aromatic rings. The second-order valence-electron chi connectivity index (χ2n) is 5.95. The summed E-state index contributed by atoms with van der Waals surface area (Å²) in [7, 11) is 0. The van der Waals surface area contributed by atoms with E-state index in [1.54, 1.807) is 24.3 Å². The number of nitrogens with one attached hydrogen (secondary N) is 1. The normalized spacial score (nSPS) is 17.4. The van der Waals surface area contributed by atoms with Crippen LogP contribution in [-0.4, -0.2) is 11.7 Å². The van der Waals surface area contributed by atoms with Gasteiger partial charge >= 0.3 is 0 Å². The molecule has 0 atom stereocenters. The van der Waals surface area contributed by atoms with Crippen LogP contribution in [0.15, 0.2) is 42.5 Å². The van der Waals surface area contributed by atoms with E-state index in [0.29, 0.717) is 17.2 Å². The smallest absolute Gasteiger partial charge is 0.255 e. The Balaban J connectivity index is 1.52. The minimum Gasteiger partial charge on any atom is -0.448 e. The summed E-state index contributed by atoms with van der Waals surface area (Å²) in [6, 6.07) is 10.9. The average molecular weight is 313 g/mol. The lowest BCUT2D eigenvalue weighted by molar-refractivity contribution is -0.0716. The van der Waals surface area contributed by atoms with Crippen LogP contribution in [0.5, 0.6) is 11.5 Å². The van der Waals surface area contributed by atoms with Gasteiger partial charge < -0.3 is 14.8 Å². The van der Waals surface area contributed by atoms with Crippen LogP contribution >= 0.6 is 0 Å². The fourth-order valence-electron chi connectivity index (χ4n) is 3.12. The molecule has 1 spiro atoms. The van der Waals surface area contributed by atoms with Crippen molar-refractivity contribution in [2.45, 2.75) is 31.5 Å². The van der Waals surface area contributed by atoms with Gasteiger partial charge in [0.2, 0.25) is 0 Å². The lowest BCUT2D eigenvalue weighted by Crippen LogP contribution is -2.34. The SMILES string of the molecule is O=C(Nc1ccc2c(c1)OC1(CCCC1)O2)c1cccc(F)c1. The van der Waals surface area contributed by atoms with Crippen molar-refractivity contribution in [2.24, 2.45) is 0 Å². The number of anilines is 1. The Bertz CT molecular complexity index is 769. The highest BCUT2D eigenvalue weighted by molar-refractivity contribution is 6.04. The van der Waals surface area contributed by atoms with Crippen LogP contribution in [0.2, 0.25) is 0 Å². The minimum absolute atomic E-state index is 0.273. The molecule has 1 amide bonds. The van der Waals surface area contributed by atoms with Gasteiger partial charge in [0.1, 0.15) is 5.82 Å². The molecule has 23 heavy (non-hydrogen) atoms. The Kier molecular flexibility index (Phi) is 3.22. The lowest BCUT2D eigenvalue weighted by Gasteiger charge is -2.21. The zero-order chi connectivity index (χ0) is 15.9. The van der Waals surface area contributed by atoms with Crippen molar-refractivity contribution in [2.75, 3.05) is 5.32 Å². The minimum atomic E-state index is -0.520. The average Bonchev–Trinajstić information content (AvgIpc) is 3.13. The molecule has 118 valence electrons. The van der Waals surface area contributed by atoms with Gasteiger partial charge in [-0.25, -0.2) is 4.39 Å². The van der Waals surface area contributed by atoms with Crippen molar-refractivity contribution in [1.29, 1.82) is 0 Å². The fraction of sp³-hybridized carbons (Fsp3) is 0.278. The number of ether oxygens (including phenoxy) is 2. The Morgan fingerprint density at radius 3 is 2.61 bits per heavy atom. The number of carbonyl (C=O) groups excluding carboxylic acids is 1. The topological polar surface area (TPSA) is 47.6 Å². The van der Waals surface area contributed by atoms with Gasteiger partial charge in [-0.2, -0.15) is 0 Å². The summed E-state index contributed by atoms with van der Waals surface area (Å²) in [6.45, 7) is 0. The van der Waals surface area contributed by atoms with Crippen LogP contribution in [0.25, 0.3) is 0 Å². The highest BCUT2D eigenvalue weighted by Crippen LogP contribution is 2.47. The summed E-state index contributed by atoms with van der Waals surface area (Å²) < 4.78 is 25.1. The monoisotopic (exact) mass is 313 g/mol. The number of rotatable bonds is 2. The van der Waals surface area contributed by atoms with Crippen LogP contribution in [0.4, 0.5) is 10.1 Å². The molecule has 1 N–H and O–H groups in total. The van der Waals surface area contributed by atoms with Gasteiger partial charge in [-0.15, -0.1) is 0 Å². The molecule has 4 nitrogen and oxygen atoms in total. The molecule has 1 fully saturated rings. The third-order valence-corrected chi connectivity index (χ3v) is 4.25. The van der Waals surface area contributed by atoms with E-state index in [9.17, 15) is 9.18 Å². The van der Waals surface area contributed by atoms with Gasteiger partial charge in [-0.05, 0) is 43.2 Å². The van der Waals surface area contributed by atoms with E-state index in [2.05, 4.69) is 5.32 Å². The molecule has 1 aliphatic carbocycles. The number of hydrogen-bond donors (Lipinski definition) is 1. The number of halogens is 1. The van der Waals surface area contributed by atoms with Crippen molar-refractivity contribution in [1.82, 2.24) is 0 Å². The molecule has 0 bridgehead atoms. The molecule has 4 rings (SSSR count). The molecular weight excluding hydrogens is 297 g/mol. The maximum absolute atomic E-state index is 13.2. The van der Waals surface area contributed by atoms with E-state index < -0.39 is 11.6 Å². The van der Waals surface area contributed by atoms with E-state index >= 15 is 0 Å². The van der Waals surface area contributed by atoms with Crippen LogP contribution in [0, 0.1) is 5.82 Å². The van der Waals surface area contributed by atoms with Gasteiger partial charge in [0.05, 0.1) is 0 Å². The van der Waals surface area contributed by atoms with Crippen LogP contribution in [0.3, 0.4) is 0 Å². The number of hydrogen-bond acceptors (Lipinski definition) is 3. The first kappa shape index (κ1) is 14.1. The van der Waals surface area contributed by atoms with Gasteiger partial charge in [0, 0.05) is 30.2 Å². The quantitative estimate of drug-likeness (QED) is 0.907. The summed E-state index contributed by atoms with van der Waals surface area (Å²) in [4.78, 5) is 12.2. The predicted molar refractivity (Wildman–Crippen MR) is 83.3 cm³/mol. The molecule has 0 aromatic heterocycles. The van der Waals surface area contributed by atoms with Gasteiger partial charge in [0.25, 0.3) is 11.7 Å². The van der Waals surface area contributed by atoms with E-state index in [4.69, 9.17) is 9.47 Å². The molecule has 0 saturated heterocycles. The first-order valence-electron chi connectivity index (χ1n) is 7.73. The zero-order valence-corrected chi connectivity index (χ0v) is 12.5. The van der Waals surface area contributed by atoms with Crippen LogP contribution in [-0.2, 0) is 0 Å². The van der Waals surface area contributed by atoms with Gasteiger partial charge in [-0.3, -0.25) is 4.79 Å². The van der Waals surface area contributed by atoms with Crippen molar-refractivity contribution in [3.05, 3.63) is 53.8 Å². The van der Waals surface area contributed by atoms with Crippen molar-refractivity contribution in [3.8, 4) is 11.5 Å². The summed E-state index contributed by atoms with van der Waals surface area (Å²) in [6.07, 6.45) is 3.95. The van der Waals surface area contributed by atoms with E-state index in [1.165, 1.54) is 18.2 Å². The maximum atomic E-state index is 13.2. The standard InChI is InChI=1S/C18H16FNO3/c19-13-5-3-4-12(10-13)17(21)20-14-6-7-15-16(11-14)23-18(22-15)8-1-2-9-18/h3-7,10-11H,1-2,8-9H2,(H,20,21). The number of benzene rings is 2. The Morgan fingerprint density at radius 2 is 1.83 bits per heavy atom. The molecule has 2 aromatic carbocycles. The molecule has 2 aliphatic rings. The van der Waals surface area contributed by atoms with E-state index in [1.807, 2.05) is 0 Å². The van der Waals surface area contributed by atoms with Crippen molar-refractivity contribution in [3.63, 3.8) is 0 Å². The largest absolute Gasteiger partial charge is 0.448 e. The zero-order valence-electron chi connectivity index (χ0n) is 12.5. The highest BCUT2D eigenvalue weighted by atomic mass is 19.1. The van der Waals surface area contributed by atoms with E-state index in [-0.39, 0.29) is 11.5 Å². The summed E-state index contributed by atoms with van der Waals surface area (Å²) >= 11 is 0. The maximum Gasteiger partial charge on any atom is 0.255 e.